The van der Waals surface area contributed by atoms with Gasteiger partial charge in [0.05, 0.1) is 13.2 Å². The van der Waals surface area contributed by atoms with Crippen LogP contribution in [0.25, 0.3) is 6.08 Å². The van der Waals surface area contributed by atoms with Crippen molar-refractivity contribution in [3.05, 3.63) is 76.9 Å². The molecule has 0 aliphatic carbocycles. The molecule has 1 fully saturated rings. The van der Waals surface area contributed by atoms with Crippen LogP contribution in [-0.4, -0.2) is 35.6 Å². The normalized spacial score (nSPS) is 15.0. The van der Waals surface area contributed by atoms with Crippen LogP contribution in [0.2, 0.25) is 0 Å². The van der Waals surface area contributed by atoms with E-state index in [0.717, 1.165) is 49.6 Å². The molecular formula is C23H29N3O. The Morgan fingerprint density at radius 2 is 1.70 bits per heavy atom. The molecule has 142 valence electrons. The van der Waals surface area contributed by atoms with E-state index < -0.39 is 0 Å². The molecule has 1 heterocycles. The highest BCUT2D eigenvalue weighted by Gasteiger charge is 2.17. The number of aliphatic imine (C=N–C) groups is 1. The van der Waals surface area contributed by atoms with Crippen LogP contribution in [0, 0.1) is 0 Å². The zero-order valence-electron chi connectivity index (χ0n) is 16.1. The van der Waals surface area contributed by atoms with Gasteiger partial charge < -0.3 is 15.3 Å². The Hall–Kier alpha value is -2.59. The van der Waals surface area contributed by atoms with Crippen LogP contribution in [0.3, 0.4) is 0 Å². The molecule has 2 N–H and O–H groups in total. The average molecular weight is 364 g/mol. The molecule has 0 bridgehead atoms. The van der Waals surface area contributed by atoms with Crippen LogP contribution in [0.4, 0.5) is 0 Å². The number of piperidine rings is 1. The van der Waals surface area contributed by atoms with Crippen molar-refractivity contribution in [2.75, 3.05) is 19.6 Å². The molecule has 2 aromatic carbocycles. The quantitative estimate of drug-likeness (QED) is 0.627. The summed E-state index contributed by atoms with van der Waals surface area (Å²) in [6.45, 7) is 5.55. The smallest absolute Gasteiger partial charge is 0.194 e. The van der Waals surface area contributed by atoms with Crippen molar-refractivity contribution >= 4 is 12.0 Å². The fourth-order valence-corrected chi connectivity index (χ4v) is 3.39. The topological polar surface area (TPSA) is 47.9 Å². The van der Waals surface area contributed by atoms with Crippen LogP contribution in [0.5, 0.6) is 0 Å². The number of aliphatic hydroxyl groups is 1. The van der Waals surface area contributed by atoms with E-state index in [9.17, 15) is 5.11 Å². The minimum atomic E-state index is 0.0551. The average Bonchev–Trinajstić information content (AvgIpc) is 2.73. The largest absolute Gasteiger partial charge is 0.392 e. The van der Waals surface area contributed by atoms with Gasteiger partial charge in [0, 0.05) is 19.6 Å². The first-order chi connectivity index (χ1) is 13.3. The van der Waals surface area contributed by atoms with Crippen molar-refractivity contribution in [2.24, 2.45) is 4.99 Å². The Balaban J connectivity index is 1.65. The van der Waals surface area contributed by atoms with Gasteiger partial charge in [-0.2, -0.15) is 0 Å². The van der Waals surface area contributed by atoms with Crippen molar-refractivity contribution in [1.82, 2.24) is 10.2 Å². The van der Waals surface area contributed by atoms with Gasteiger partial charge in [-0.25, -0.2) is 4.99 Å². The molecular weight excluding hydrogens is 334 g/mol. The summed E-state index contributed by atoms with van der Waals surface area (Å²) in [5.41, 5.74) is 4.81. The van der Waals surface area contributed by atoms with Gasteiger partial charge in [-0.1, -0.05) is 66.2 Å². The molecule has 0 saturated carbocycles. The van der Waals surface area contributed by atoms with Crippen LogP contribution < -0.4 is 5.32 Å². The van der Waals surface area contributed by atoms with Crippen molar-refractivity contribution < 1.29 is 5.11 Å². The lowest BCUT2D eigenvalue weighted by Gasteiger charge is -2.31. The van der Waals surface area contributed by atoms with Gasteiger partial charge >= 0.3 is 0 Å². The lowest BCUT2D eigenvalue weighted by Crippen LogP contribution is -2.44. The Morgan fingerprint density at radius 1 is 1.04 bits per heavy atom. The summed E-state index contributed by atoms with van der Waals surface area (Å²) in [4.78, 5) is 7.17. The van der Waals surface area contributed by atoms with Gasteiger partial charge in [-0.05, 0) is 36.5 Å². The van der Waals surface area contributed by atoms with Gasteiger partial charge in [-0.15, -0.1) is 0 Å². The van der Waals surface area contributed by atoms with Crippen molar-refractivity contribution in [1.29, 1.82) is 0 Å². The molecule has 1 aliphatic rings. The first kappa shape index (κ1) is 19.2. The van der Waals surface area contributed by atoms with Crippen LogP contribution in [-0.2, 0) is 13.2 Å². The molecule has 0 amide bonds. The highest BCUT2D eigenvalue weighted by molar-refractivity contribution is 5.80. The van der Waals surface area contributed by atoms with E-state index in [1.165, 1.54) is 11.1 Å². The summed E-state index contributed by atoms with van der Waals surface area (Å²) >= 11 is 0. The number of hydrogen-bond acceptors (Lipinski definition) is 2. The zero-order valence-corrected chi connectivity index (χ0v) is 16.1. The first-order valence-electron chi connectivity index (χ1n) is 9.75. The lowest BCUT2D eigenvalue weighted by molar-refractivity contribution is 0.280. The number of likely N-dealkylation sites (tertiary alicyclic amines) is 1. The monoisotopic (exact) mass is 363 g/mol. The molecule has 3 rings (SSSR count). The Labute approximate surface area is 162 Å². The molecule has 1 aliphatic heterocycles. The zero-order chi connectivity index (χ0) is 18.9. The Kier molecular flexibility index (Phi) is 7.05. The van der Waals surface area contributed by atoms with Crippen molar-refractivity contribution in [2.45, 2.75) is 32.9 Å². The third-order valence-corrected chi connectivity index (χ3v) is 4.90. The maximum atomic E-state index is 9.51. The fraction of sp³-hybridized carbons (Fsp3) is 0.348. The van der Waals surface area contributed by atoms with Crippen LogP contribution in [0.15, 0.2) is 65.2 Å². The third kappa shape index (κ3) is 5.44. The van der Waals surface area contributed by atoms with E-state index in [1.807, 2.05) is 24.3 Å². The number of guanidine groups is 1. The molecule has 0 aromatic heterocycles. The minimum Gasteiger partial charge on any atom is -0.392 e. The molecule has 1 saturated heterocycles. The number of benzene rings is 2. The van der Waals surface area contributed by atoms with E-state index in [1.54, 1.807) is 0 Å². The predicted octanol–water partition coefficient (Wildman–Crippen LogP) is 3.82. The van der Waals surface area contributed by atoms with E-state index in [-0.39, 0.29) is 6.61 Å². The first-order valence-corrected chi connectivity index (χ1v) is 9.75. The summed E-state index contributed by atoms with van der Waals surface area (Å²) < 4.78 is 0. The second kappa shape index (κ2) is 9.93. The molecule has 27 heavy (non-hydrogen) atoms. The summed E-state index contributed by atoms with van der Waals surface area (Å²) in [5, 5.41) is 12.9. The fourth-order valence-electron chi connectivity index (χ4n) is 3.39. The number of aliphatic hydroxyl groups excluding tert-OH is 1. The highest BCUT2D eigenvalue weighted by Crippen LogP contribution is 2.20. The minimum absolute atomic E-state index is 0.0551. The van der Waals surface area contributed by atoms with Gasteiger partial charge in [0.2, 0.25) is 0 Å². The van der Waals surface area contributed by atoms with E-state index in [0.29, 0.717) is 6.54 Å². The Morgan fingerprint density at radius 3 is 2.37 bits per heavy atom. The van der Waals surface area contributed by atoms with Crippen molar-refractivity contribution in [3.8, 4) is 0 Å². The standard InChI is InChI=1S/C23H29N3O/c1-2-24-23(25-17-21-10-6-7-11-22(21)18-27)26-14-12-20(13-15-26)16-19-8-4-3-5-9-19/h3-11,16,27H,2,12-15,17-18H2,1H3,(H,24,25). The van der Waals surface area contributed by atoms with E-state index >= 15 is 0 Å². The number of nitrogens with one attached hydrogen (secondary N) is 1. The summed E-state index contributed by atoms with van der Waals surface area (Å²) in [6, 6.07) is 18.5. The second-order valence-electron chi connectivity index (χ2n) is 6.80. The summed E-state index contributed by atoms with van der Waals surface area (Å²) in [6.07, 6.45) is 4.44. The summed E-state index contributed by atoms with van der Waals surface area (Å²) in [7, 11) is 0. The van der Waals surface area contributed by atoms with Gasteiger partial charge in [0.25, 0.3) is 0 Å². The number of rotatable bonds is 5. The van der Waals surface area contributed by atoms with Crippen LogP contribution in [0.1, 0.15) is 36.5 Å². The second-order valence-corrected chi connectivity index (χ2v) is 6.80. The molecule has 2 aromatic rings. The molecule has 0 spiro atoms. The number of nitrogens with zero attached hydrogens (tertiary/aromatic N) is 2. The molecule has 4 nitrogen and oxygen atoms in total. The maximum absolute atomic E-state index is 9.51. The van der Waals surface area contributed by atoms with Crippen molar-refractivity contribution in [3.63, 3.8) is 0 Å². The molecule has 0 atom stereocenters. The Bertz CT molecular complexity index is 773. The molecule has 0 unspecified atom stereocenters. The van der Waals surface area contributed by atoms with Gasteiger partial charge in [0.1, 0.15) is 0 Å². The lowest BCUT2D eigenvalue weighted by atomic mass is 10.0. The maximum Gasteiger partial charge on any atom is 0.194 e. The molecule has 0 radical (unpaired) electrons. The summed E-state index contributed by atoms with van der Waals surface area (Å²) in [5.74, 6) is 0.962. The highest BCUT2D eigenvalue weighted by atomic mass is 16.3. The third-order valence-electron chi connectivity index (χ3n) is 4.90. The number of hydrogen-bond donors (Lipinski definition) is 2. The van der Waals surface area contributed by atoms with Crippen LogP contribution >= 0.6 is 0 Å². The van der Waals surface area contributed by atoms with E-state index in [4.69, 9.17) is 4.99 Å². The SMILES string of the molecule is CCNC(=NCc1ccccc1CO)N1CCC(=Cc2ccccc2)CC1. The van der Waals surface area contributed by atoms with E-state index in [2.05, 4.69) is 53.5 Å². The predicted molar refractivity (Wildman–Crippen MR) is 112 cm³/mol. The van der Waals surface area contributed by atoms with Gasteiger partial charge in [-0.3, -0.25) is 0 Å². The molecule has 4 heteroatoms. The van der Waals surface area contributed by atoms with Gasteiger partial charge in [0.15, 0.2) is 5.96 Å².